The number of rotatable bonds is 5. The van der Waals surface area contributed by atoms with Gasteiger partial charge in [0.15, 0.2) is 0 Å². The van der Waals surface area contributed by atoms with Gasteiger partial charge in [0.25, 0.3) is 0 Å². The summed E-state index contributed by atoms with van der Waals surface area (Å²) in [6.45, 7) is 0. The summed E-state index contributed by atoms with van der Waals surface area (Å²) in [7, 11) is 5.58. The van der Waals surface area contributed by atoms with E-state index in [-0.39, 0.29) is 11.8 Å². The first-order valence-corrected chi connectivity index (χ1v) is 6.06. The van der Waals surface area contributed by atoms with Crippen LogP contribution in [0.5, 0.6) is 5.75 Å². The smallest absolute Gasteiger partial charge is 0.304 e. The van der Waals surface area contributed by atoms with Crippen LogP contribution in [0.15, 0.2) is 18.2 Å². The third-order valence-corrected chi connectivity index (χ3v) is 3.60. The highest BCUT2D eigenvalue weighted by Gasteiger charge is 2.47. The molecule has 18 heavy (non-hydrogen) atoms. The molecule has 0 spiro atoms. The largest absolute Gasteiger partial charge is 0.497 e. The van der Waals surface area contributed by atoms with Crippen molar-refractivity contribution in [3.63, 3.8) is 0 Å². The van der Waals surface area contributed by atoms with Crippen molar-refractivity contribution in [3.8, 4) is 5.75 Å². The molecule has 1 saturated carbocycles. The second-order valence-corrected chi connectivity index (χ2v) is 5.13. The van der Waals surface area contributed by atoms with Gasteiger partial charge in [0.2, 0.25) is 0 Å². The molecule has 98 valence electrons. The third-order valence-electron chi connectivity index (χ3n) is 3.60. The van der Waals surface area contributed by atoms with Gasteiger partial charge < -0.3 is 14.7 Å². The highest BCUT2D eigenvalue weighted by molar-refractivity contribution is 5.72. The van der Waals surface area contributed by atoms with Gasteiger partial charge in [-0.05, 0) is 36.6 Å². The van der Waals surface area contributed by atoms with E-state index in [0.29, 0.717) is 0 Å². The molecule has 0 bridgehead atoms. The number of benzene rings is 1. The molecule has 0 radical (unpaired) electrons. The average molecular weight is 249 g/mol. The second kappa shape index (κ2) is 4.52. The van der Waals surface area contributed by atoms with Gasteiger partial charge in [-0.3, -0.25) is 4.79 Å². The first kappa shape index (κ1) is 12.7. The molecule has 1 aliphatic rings. The van der Waals surface area contributed by atoms with Crippen LogP contribution in [0.25, 0.3) is 0 Å². The number of hydrogen-bond acceptors (Lipinski definition) is 3. The van der Waals surface area contributed by atoms with Gasteiger partial charge >= 0.3 is 5.97 Å². The molecule has 0 unspecified atom stereocenters. The Balaban J connectivity index is 2.44. The highest BCUT2D eigenvalue weighted by Crippen LogP contribution is 2.54. The minimum Gasteiger partial charge on any atom is -0.497 e. The van der Waals surface area contributed by atoms with Crippen LogP contribution >= 0.6 is 0 Å². The molecular weight excluding hydrogens is 230 g/mol. The van der Waals surface area contributed by atoms with E-state index in [2.05, 4.69) is 0 Å². The average Bonchev–Trinajstić information content (AvgIpc) is 3.08. The maximum Gasteiger partial charge on any atom is 0.304 e. The van der Waals surface area contributed by atoms with Crippen LogP contribution in [-0.4, -0.2) is 32.3 Å². The molecule has 0 amide bonds. The summed E-state index contributed by atoms with van der Waals surface area (Å²) in [5, 5.41) is 9.06. The molecule has 4 heteroatoms. The quantitative estimate of drug-likeness (QED) is 0.869. The van der Waals surface area contributed by atoms with E-state index in [1.807, 2.05) is 37.2 Å². The van der Waals surface area contributed by atoms with Crippen molar-refractivity contribution in [1.29, 1.82) is 0 Å². The normalized spacial score (nSPS) is 16.2. The fraction of sp³-hybridized carbons (Fsp3) is 0.500. The Morgan fingerprint density at radius 1 is 1.44 bits per heavy atom. The number of nitrogens with zero attached hydrogens (tertiary/aromatic N) is 1. The van der Waals surface area contributed by atoms with Gasteiger partial charge in [-0.1, -0.05) is 0 Å². The summed E-state index contributed by atoms with van der Waals surface area (Å²) in [5.74, 6) is 0.0484. The Morgan fingerprint density at radius 2 is 2.11 bits per heavy atom. The first-order valence-electron chi connectivity index (χ1n) is 6.06. The fourth-order valence-electron chi connectivity index (χ4n) is 2.44. The van der Waals surface area contributed by atoms with E-state index >= 15 is 0 Å². The molecule has 1 fully saturated rings. The molecular formula is C14H19NO3. The van der Waals surface area contributed by atoms with Gasteiger partial charge in [0, 0.05) is 25.2 Å². The number of carboxylic acid groups (broad SMARTS) is 1. The molecule has 1 aromatic carbocycles. The highest BCUT2D eigenvalue weighted by atomic mass is 16.5. The Hall–Kier alpha value is -1.71. The van der Waals surface area contributed by atoms with Crippen molar-refractivity contribution < 1.29 is 14.6 Å². The predicted octanol–water partition coefficient (Wildman–Crippen LogP) is 2.27. The molecule has 2 rings (SSSR count). The zero-order valence-electron chi connectivity index (χ0n) is 11.1. The SMILES string of the molecule is COc1ccc(N(C)C)c(C2(CC(=O)O)CC2)c1. The number of carbonyl (C=O) groups is 1. The summed E-state index contributed by atoms with van der Waals surface area (Å²) in [5.41, 5.74) is 1.98. The van der Waals surface area contributed by atoms with E-state index in [9.17, 15) is 4.79 Å². The number of aliphatic carboxylic acids is 1. The summed E-state index contributed by atoms with van der Waals surface area (Å²) >= 11 is 0. The van der Waals surface area contributed by atoms with Crippen molar-refractivity contribution >= 4 is 11.7 Å². The zero-order chi connectivity index (χ0) is 13.3. The number of hydrogen-bond donors (Lipinski definition) is 1. The van der Waals surface area contributed by atoms with E-state index in [1.165, 1.54) is 0 Å². The van der Waals surface area contributed by atoms with Crippen LogP contribution in [0.4, 0.5) is 5.69 Å². The number of carboxylic acids is 1. The lowest BCUT2D eigenvalue weighted by Gasteiger charge is -2.23. The predicted molar refractivity (Wildman–Crippen MR) is 70.5 cm³/mol. The monoisotopic (exact) mass is 249 g/mol. The number of anilines is 1. The summed E-state index contributed by atoms with van der Waals surface area (Å²) in [6, 6.07) is 5.89. The van der Waals surface area contributed by atoms with Crippen LogP contribution < -0.4 is 9.64 Å². The molecule has 1 aliphatic carbocycles. The van der Waals surface area contributed by atoms with Crippen LogP contribution in [0.1, 0.15) is 24.8 Å². The van der Waals surface area contributed by atoms with Gasteiger partial charge in [0.1, 0.15) is 5.75 Å². The van der Waals surface area contributed by atoms with E-state index < -0.39 is 5.97 Å². The molecule has 4 nitrogen and oxygen atoms in total. The maximum atomic E-state index is 11.0. The molecule has 0 aromatic heterocycles. The molecule has 0 saturated heterocycles. The van der Waals surface area contributed by atoms with Gasteiger partial charge in [-0.2, -0.15) is 0 Å². The van der Waals surface area contributed by atoms with Gasteiger partial charge in [0.05, 0.1) is 13.5 Å². The molecule has 0 heterocycles. The van der Waals surface area contributed by atoms with Crippen LogP contribution in [0.3, 0.4) is 0 Å². The van der Waals surface area contributed by atoms with E-state index in [0.717, 1.165) is 29.8 Å². The Kier molecular flexibility index (Phi) is 3.20. The molecule has 0 aliphatic heterocycles. The van der Waals surface area contributed by atoms with Crippen molar-refractivity contribution in [2.45, 2.75) is 24.7 Å². The lowest BCUT2D eigenvalue weighted by Crippen LogP contribution is -2.19. The van der Waals surface area contributed by atoms with Crippen LogP contribution in [-0.2, 0) is 10.2 Å². The van der Waals surface area contributed by atoms with E-state index in [1.54, 1.807) is 7.11 Å². The first-order chi connectivity index (χ1) is 8.48. The summed E-state index contributed by atoms with van der Waals surface area (Å²) in [4.78, 5) is 13.0. The van der Waals surface area contributed by atoms with Gasteiger partial charge in [-0.25, -0.2) is 0 Å². The maximum absolute atomic E-state index is 11.0. The summed E-state index contributed by atoms with van der Waals surface area (Å²) < 4.78 is 5.25. The Bertz CT molecular complexity index is 464. The second-order valence-electron chi connectivity index (χ2n) is 5.13. The number of ether oxygens (including phenoxy) is 1. The topological polar surface area (TPSA) is 49.8 Å². The fourth-order valence-corrected chi connectivity index (χ4v) is 2.44. The minimum atomic E-state index is -0.736. The van der Waals surface area contributed by atoms with Gasteiger partial charge in [-0.15, -0.1) is 0 Å². The van der Waals surface area contributed by atoms with Crippen molar-refractivity contribution in [1.82, 2.24) is 0 Å². The lowest BCUT2D eigenvalue weighted by atomic mass is 9.90. The molecule has 0 atom stereocenters. The van der Waals surface area contributed by atoms with E-state index in [4.69, 9.17) is 9.84 Å². The van der Waals surface area contributed by atoms with Crippen molar-refractivity contribution in [2.24, 2.45) is 0 Å². The van der Waals surface area contributed by atoms with Crippen LogP contribution in [0, 0.1) is 0 Å². The van der Waals surface area contributed by atoms with Crippen molar-refractivity contribution in [2.75, 3.05) is 26.1 Å². The Labute approximate surface area is 107 Å². The standard InChI is InChI=1S/C14H19NO3/c1-15(2)12-5-4-10(18-3)8-11(12)14(6-7-14)9-13(16)17/h4-5,8H,6-7,9H2,1-3H3,(H,16,17). The molecule has 1 aromatic rings. The lowest BCUT2D eigenvalue weighted by molar-refractivity contribution is -0.137. The van der Waals surface area contributed by atoms with Crippen LogP contribution in [0.2, 0.25) is 0 Å². The molecule has 1 N–H and O–H groups in total. The van der Waals surface area contributed by atoms with Crippen molar-refractivity contribution in [3.05, 3.63) is 23.8 Å². The third kappa shape index (κ3) is 2.28. The summed E-state index contributed by atoms with van der Waals surface area (Å²) in [6.07, 6.45) is 2.07. The Morgan fingerprint density at radius 3 is 2.56 bits per heavy atom. The number of methoxy groups -OCH3 is 1. The minimum absolute atomic E-state index is 0.194. The zero-order valence-corrected chi connectivity index (χ0v) is 11.1.